The number of nitrogens with zero attached hydrogens (tertiary/aromatic N) is 4. The van der Waals surface area contributed by atoms with E-state index < -0.39 is 34.9 Å². The molecular formula is C24H26F5N5O2. The molecule has 0 spiro atoms. The van der Waals surface area contributed by atoms with E-state index in [2.05, 4.69) is 10.2 Å². The molecule has 2 saturated heterocycles. The van der Waals surface area contributed by atoms with Crippen molar-refractivity contribution in [3.05, 3.63) is 51.8 Å². The number of piperidine rings is 2. The quantitative estimate of drug-likeness (QED) is 0.597. The van der Waals surface area contributed by atoms with Gasteiger partial charge in [-0.05, 0) is 49.7 Å². The van der Waals surface area contributed by atoms with Crippen molar-refractivity contribution < 1.29 is 31.5 Å². The van der Waals surface area contributed by atoms with E-state index in [1.54, 1.807) is 4.90 Å². The van der Waals surface area contributed by atoms with E-state index in [1.165, 1.54) is 4.90 Å². The molecule has 5 rings (SSSR count). The van der Waals surface area contributed by atoms with Crippen LogP contribution in [0.2, 0.25) is 0 Å². The number of alkyl halides is 3. The first-order chi connectivity index (χ1) is 17.1. The number of halogens is 5. The van der Waals surface area contributed by atoms with E-state index in [4.69, 9.17) is 0 Å². The Morgan fingerprint density at radius 2 is 1.61 bits per heavy atom. The summed E-state index contributed by atoms with van der Waals surface area (Å²) in [7, 11) is 0. The summed E-state index contributed by atoms with van der Waals surface area (Å²) in [4.78, 5) is 31.0. The third-order valence-corrected chi connectivity index (χ3v) is 7.34. The molecule has 2 aromatic rings. The minimum absolute atomic E-state index is 0.0682. The van der Waals surface area contributed by atoms with Gasteiger partial charge in [0.25, 0.3) is 5.91 Å². The fraction of sp³-hybridized carbons (Fsp3) is 0.542. The summed E-state index contributed by atoms with van der Waals surface area (Å²) in [5, 5.41) is 7.00. The first-order valence-corrected chi connectivity index (χ1v) is 12.1. The largest absolute Gasteiger partial charge is 0.419 e. The van der Waals surface area contributed by atoms with Crippen molar-refractivity contribution in [3.63, 3.8) is 0 Å². The average molecular weight is 511 g/mol. The Morgan fingerprint density at radius 3 is 2.28 bits per heavy atom. The molecule has 36 heavy (non-hydrogen) atoms. The molecule has 0 atom stereocenters. The molecule has 4 heterocycles. The fourth-order valence-corrected chi connectivity index (χ4v) is 5.50. The van der Waals surface area contributed by atoms with Crippen molar-refractivity contribution in [2.75, 3.05) is 26.2 Å². The number of hydrogen-bond donors (Lipinski definition) is 1. The van der Waals surface area contributed by atoms with Gasteiger partial charge < -0.3 is 14.7 Å². The Hall–Kier alpha value is -3.18. The first kappa shape index (κ1) is 24.5. The van der Waals surface area contributed by atoms with Crippen molar-refractivity contribution in [3.8, 4) is 0 Å². The number of nitrogens with one attached hydrogen (secondary N) is 1. The van der Waals surface area contributed by atoms with Crippen molar-refractivity contribution in [1.29, 1.82) is 0 Å². The Labute approximate surface area is 204 Å². The zero-order valence-electron chi connectivity index (χ0n) is 19.5. The van der Waals surface area contributed by atoms with Crippen LogP contribution >= 0.6 is 0 Å². The number of H-pyrrole nitrogens is 1. The molecule has 0 saturated carbocycles. The predicted molar refractivity (Wildman–Crippen MR) is 118 cm³/mol. The number of hydrogen-bond acceptors (Lipinski definition) is 3. The number of likely N-dealkylation sites (tertiary alicyclic amines) is 2. The summed E-state index contributed by atoms with van der Waals surface area (Å²) in [6.07, 6.45) is -1.65. The Bertz CT molecular complexity index is 1170. The third-order valence-electron chi connectivity index (χ3n) is 7.34. The number of carbonyl (C=O) groups excluding carboxylic acids is 2. The van der Waals surface area contributed by atoms with Gasteiger partial charge in [0.05, 0.1) is 24.3 Å². The molecule has 3 amide bonds. The van der Waals surface area contributed by atoms with Gasteiger partial charge in [-0.3, -0.25) is 9.89 Å². The van der Waals surface area contributed by atoms with E-state index >= 15 is 0 Å². The molecular weight excluding hydrogens is 485 g/mol. The summed E-state index contributed by atoms with van der Waals surface area (Å²) in [6, 6.07) is 0.909. The van der Waals surface area contributed by atoms with E-state index in [0.29, 0.717) is 30.9 Å². The van der Waals surface area contributed by atoms with Crippen LogP contribution in [0, 0.1) is 11.6 Å². The Kier molecular flexibility index (Phi) is 6.37. The van der Waals surface area contributed by atoms with Crippen molar-refractivity contribution in [1.82, 2.24) is 24.9 Å². The van der Waals surface area contributed by atoms with Gasteiger partial charge in [-0.15, -0.1) is 0 Å². The summed E-state index contributed by atoms with van der Waals surface area (Å²) in [6.45, 7) is 2.27. The molecule has 0 radical (unpaired) electrons. The maximum atomic E-state index is 14.0. The zero-order chi connectivity index (χ0) is 25.6. The lowest BCUT2D eigenvalue weighted by molar-refractivity contribution is -0.141. The van der Waals surface area contributed by atoms with Gasteiger partial charge in [-0.25, -0.2) is 13.6 Å². The number of fused-ring (bicyclic) bond motifs is 1. The lowest BCUT2D eigenvalue weighted by atomic mass is 9.85. The van der Waals surface area contributed by atoms with Crippen molar-refractivity contribution in [2.24, 2.45) is 0 Å². The maximum absolute atomic E-state index is 14.0. The number of benzene rings is 1. The highest BCUT2D eigenvalue weighted by Gasteiger charge is 2.40. The van der Waals surface area contributed by atoms with Crippen LogP contribution in [-0.2, 0) is 19.3 Å². The van der Waals surface area contributed by atoms with Gasteiger partial charge in [-0.2, -0.15) is 18.3 Å². The second kappa shape index (κ2) is 9.36. The molecule has 12 heteroatoms. The smallest absolute Gasteiger partial charge is 0.337 e. The summed E-state index contributed by atoms with van der Waals surface area (Å²) in [5.74, 6) is -3.81. The van der Waals surface area contributed by atoms with Crippen LogP contribution in [0.1, 0.15) is 70.9 Å². The monoisotopic (exact) mass is 511 g/mol. The number of carbonyl (C=O) groups is 2. The maximum Gasteiger partial charge on any atom is 0.419 e. The topological polar surface area (TPSA) is 72.5 Å². The number of aromatic amines is 1. The van der Waals surface area contributed by atoms with Crippen LogP contribution in [-0.4, -0.2) is 63.0 Å². The molecule has 1 aromatic heterocycles. The molecule has 3 aliphatic rings. The van der Waals surface area contributed by atoms with E-state index in [-0.39, 0.29) is 56.2 Å². The molecule has 1 aromatic carbocycles. The SMILES string of the molecule is O=C(c1n[nH]c2c1CN(C(=O)N1CCCCC1)C2)N1CCC(c2cc(F)cc(F)c2C(F)(F)F)CC1. The molecule has 1 N–H and O–H groups in total. The van der Waals surface area contributed by atoms with Crippen LogP contribution in [0.25, 0.3) is 0 Å². The van der Waals surface area contributed by atoms with Crippen LogP contribution in [0.4, 0.5) is 26.7 Å². The lowest BCUT2D eigenvalue weighted by Crippen LogP contribution is -2.43. The number of urea groups is 1. The van der Waals surface area contributed by atoms with Crippen LogP contribution < -0.4 is 0 Å². The summed E-state index contributed by atoms with van der Waals surface area (Å²) < 4.78 is 68.1. The fourth-order valence-electron chi connectivity index (χ4n) is 5.50. The highest BCUT2D eigenvalue weighted by atomic mass is 19.4. The van der Waals surface area contributed by atoms with E-state index in [9.17, 15) is 31.5 Å². The molecule has 2 fully saturated rings. The van der Waals surface area contributed by atoms with Gasteiger partial charge >= 0.3 is 12.2 Å². The second-order valence-corrected chi connectivity index (χ2v) is 9.63. The number of amides is 3. The van der Waals surface area contributed by atoms with Crippen molar-refractivity contribution in [2.45, 2.75) is 57.3 Å². The lowest BCUT2D eigenvalue weighted by Gasteiger charge is -2.33. The van der Waals surface area contributed by atoms with Crippen LogP contribution in [0.3, 0.4) is 0 Å². The highest BCUT2D eigenvalue weighted by Crippen LogP contribution is 2.41. The van der Waals surface area contributed by atoms with E-state index in [0.717, 1.165) is 25.3 Å². The summed E-state index contributed by atoms with van der Waals surface area (Å²) in [5.41, 5.74) is -0.315. The van der Waals surface area contributed by atoms with Gasteiger partial charge in [0.1, 0.15) is 11.6 Å². The summed E-state index contributed by atoms with van der Waals surface area (Å²) >= 11 is 0. The normalized spacial score (nSPS) is 19.1. The van der Waals surface area contributed by atoms with Gasteiger partial charge in [-0.1, -0.05) is 0 Å². The molecule has 0 unspecified atom stereocenters. The predicted octanol–water partition coefficient (Wildman–Crippen LogP) is 4.65. The number of aromatic nitrogens is 2. The van der Waals surface area contributed by atoms with Gasteiger partial charge in [0.2, 0.25) is 0 Å². The molecule has 194 valence electrons. The minimum Gasteiger partial charge on any atom is -0.337 e. The van der Waals surface area contributed by atoms with Gasteiger partial charge in [0, 0.05) is 37.8 Å². The Balaban J connectivity index is 1.26. The molecule has 0 aliphatic carbocycles. The zero-order valence-corrected chi connectivity index (χ0v) is 19.5. The number of rotatable bonds is 2. The molecule has 3 aliphatic heterocycles. The Morgan fingerprint density at radius 1 is 0.917 bits per heavy atom. The average Bonchev–Trinajstić information content (AvgIpc) is 3.43. The van der Waals surface area contributed by atoms with Crippen molar-refractivity contribution >= 4 is 11.9 Å². The van der Waals surface area contributed by atoms with Crippen LogP contribution in [0.5, 0.6) is 0 Å². The minimum atomic E-state index is -4.95. The molecule has 7 nitrogen and oxygen atoms in total. The van der Waals surface area contributed by atoms with E-state index in [1.807, 2.05) is 4.90 Å². The standard InChI is InChI=1S/C24H26F5N5O2/c25-15-10-16(20(18(26)11-15)24(27,28)29)14-4-8-32(9-5-14)22(35)21-17-12-34(13-19(17)30-31-21)23(36)33-6-2-1-3-7-33/h10-11,14H,1-9,12-13H2,(H,30,31). The molecule has 0 bridgehead atoms. The van der Waals surface area contributed by atoms with Crippen LogP contribution in [0.15, 0.2) is 12.1 Å². The highest BCUT2D eigenvalue weighted by molar-refractivity contribution is 5.94. The first-order valence-electron chi connectivity index (χ1n) is 12.1. The van der Waals surface area contributed by atoms with Gasteiger partial charge in [0.15, 0.2) is 5.69 Å². The second-order valence-electron chi connectivity index (χ2n) is 9.63. The third kappa shape index (κ3) is 4.53.